The largest absolute Gasteiger partial charge is 0.345 e. The van der Waals surface area contributed by atoms with E-state index < -0.39 is 9.85 Å². The lowest BCUT2D eigenvalue weighted by Crippen LogP contribution is -2.09. The van der Waals surface area contributed by atoms with Gasteiger partial charge < -0.3 is 4.90 Å². The highest BCUT2D eigenvalue weighted by molar-refractivity contribution is 5.64. The third kappa shape index (κ3) is 2.72. The Hall–Kier alpha value is -2.96. The van der Waals surface area contributed by atoms with Crippen LogP contribution in [0.3, 0.4) is 0 Å². The zero-order chi connectivity index (χ0) is 14.7. The zero-order valence-electron chi connectivity index (χ0n) is 10.6. The van der Waals surface area contributed by atoms with Crippen LogP contribution in [0.15, 0.2) is 48.5 Å². The van der Waals surface area contributed by atoms with E-state index in [1.54, 1.807) is 36.2 Å². The monoisotopic (exact) mass is 273 g/mol. The third-order valence-corrected chi connectivity index (χ3v) is 2.90. The Balaban J connectivity index is 2.24. The summed E-state index contributed by atoms with van der Waals surface area (Å²) in [6.07, 6.45) is 0. The average Bonchev–Trinajstić information content (AvgIpc) is 2.46. The Morgan fingerprint density at radius 2 is 1.05 bits per heavy atom. The molecule has 0 saturated carbocycles. The molecule has 0 bridgehead atoms. The minimum Gasteiger partial charge on any atom is -0.345 e. The highest BCUT2D eigenvalue weighted by Gasteiger charge is 2.10. The normalized spacial score (nSPS) is 10.1. The molecule has 0 spiro atoms. The summed E-state index contributed by atoms with van der Waals surface area (Å²) in [6.45, 7) is 0. The molecule has 0 unspecified atom stereocenters. The van der Waals surface area contributed by atoms with Crippen molar-refractivity contribution in [2.24, 2.45) is 0 Å². The number of nitrogens with zero attached hydrogens (tertiary/aromatic N) is 3. The highest BCUT2D eigenvalue weighted by Crippen LogP contribution is 2.26. The minimum atomic E-state index is -0.463. The number of non-ortho nitro benzene ring substituents is 2. The molecule has 2 aromatic carbocycles. The molecule has 0 radical (unpaired) electrons. The van der Waals surface area contributed by atoms with Crippen LogP contribution in [-0.4, -0.2) is 16.9 Å². The number of hydrogen-bond acceptors (Lipinski definition) is 5. The molecule has 2 aromatic rings. The van der Waals surface area contributed by atoms with E-state index in [0.29, 0.717) is 0 Å². The summed E-state index contributed by atoms with van der Waals surface area (Å²) in [6, 6.07) is 12.2. The maximum atomic E-state index is 10.6. The Kier molecular flexibility index (Phi) is 3.60. The minimum absolute atomic E-state index is 0.0193. The molecule has 2 rings (SSSR count). The fourth-order valence-electron chi connectivity index (χ4n) is 1.74. The predicted molar refractivity (Wildman–Crippen MR) is 74.3 cm³/mol. The number of rotatable bonds is 4. The van der Waals surface area contributed by atoms with Gasteiger partial charge in [0, 0.05) is 42.7 Å². The van der Waals surface area contributed by atoms with Crippen LogP contribution in [0, 0.1) is 20.2 Å². The number of nitro groups is 2. The van der Waals surface area contributed by atoms with Crippen molar-refractivity contribution in [3.05, 3.63) is 68.8 Å². The van der Waals surface area contributed by atoms with E-state index in [-0.39, 0.29) is 11.4 Å². The molecular weight excluding hydrogens is 262 g/mol. The van der Waals surface area contributed by atoms with Gasteiger partial charge in [-0.1, -0.05) is 0 Å². The third-order valence-electron chi connectivity index (χ3n) is 2.90. The van der Waals surface area contributed by atoms with Gasteiger partial charge in [-0.15, -0.1) is 0 Å². The molecule has 0 fully saturated rings. The van der Waals surface area contributed by atoms with Gasteiger partial charge in [0.2, 0.25) is 0 Å². The van der Waals surface area contributed by atoms with Crippen LogP contribution < -0.4 is 4.90 Å². The summed E-state index contributed by atoms with van der Waals surface area (Å²) < 4.78 is 0. The van der Waals surface area contributed by atoms with Crippen molar-refractivity contribution >= 4 is 22.7 Å². The van der Waals surface area contributed by atoms with Crippen molar-refractivity contribution < 1.29 is 9.85 Å². The van der Waals surface area contributed by atoms with Crippen LogP contribution in [0.5, 0.6) is 0 Å². The van der Waals surface area contributed by atoms with Crippen LogP contribution in [0.1, 0.15) is 0 Å². The Labute approximate surface area is 114 Å². The second-order valence-corrected chi connectivity index (χ2v) is 4.11. The average molecular weight is 273 g/mol. The van der Waals surface area contributed by atoms with Gasteiger partial charge in [-0.2, -0.15) is 0 Å². The maximum absolute atomic E-state index is 10.6. The number of nitro benzene ring substituents is 2. The quantitative estimate of drug-likeness (QED) is 0.630. The second kappa shape index (κ2) is 5.35. The van der Waals surface area contributed by atoms with E-state index >= 15 is 0 Å². The molecule has 0 atom stereocenters. The molecule has 20 heavy (non-hydrogen) atoms. The molecule has 0 aliphatic rings. The topological polar surface area (TPSA) is 89.5 Å². The van der Waals surface area contributed by atoms with Crippen LogP contribution in [0.25, 0.3) is 0 Å². The summed E-state index contributed by atoms with van der Waals surface area (Å²) in [5.41, 5.74) is 1.55. The summed E-state index contributed by atoms with van der Waals surface area (Å²) in [4.78, 5) is 22.0. The molecule has 0 saturated heterocycles. The Morgan fingerprint density at radius 1 is 0.750 bits per heavy atom. The van der Waals surface area contributed by atoms with Crippen LogP contribution in [0.2, 0.25) is 0 Å². The molecule has 0 aliphatic heterocycles. The van der Waals surface area contributed by atoms with E-state index in [4.69, 9.17) is 0 Å². The zero-order valence-corrected chi connectivity index (χ0v) is 10.6. The lowest BCUT2D eigenvalue weighted by Gasteiger charge is -2.19. The molecule has 7 heteroatoms. The van der Waals surface area contributed by atoms with E-state index in [1.165, 1.54) is 24.3 Å². The molecule has 7 nitrogen and oxygen atoms in total. The van der Waals surface area contributed by atoms with Gasteiger partial charge >= 0.3 is 0 Å². The number of hydrogen-bond donors (Lipinski definition) is 0. The van der Waals surface area contributed by atoms with Gasteiger partial charge in [0.25, 0.3) is 11.4 Å². The standard InChI is InChI=1S/C13H11N3O4/c1-14(10-2-6-12(7-3-10)15(17)18)11-4-8-13(9-5-11)16(19)20/h2-9H,1H3. The lowest BCUT2D eigenvalue weighted by atomic mass is 10.2. The molecule has 0 aromatic heterocycles. The van der Waals surface area contributed by atoms with Crippen molar-refractivity contribution in [1.82, 2.24) is 0 Å². The fraction of sp³-hybridized carbons (Fsp3) is 0.0769. The van der Waals surface area contributed by atoms with Gasteiger partial charge in [-0.05, 0) is 24.3 Å². The number of benzene rings is 2. The molecule has 0 amide bonds. The fourth-order valence-corrected chi connectivity index (χ4v) is 1.74. The molecule has 0 heterocycles. The van der Waals surface area contributed by atoms with Gasteiger partial charge in [0.1, 0.15) is 0 Å². The maximum Gasteiger partial charge on any atom is 0.269 e. The van der Waals surface area contributed by atoms with Gasteiger partial charge in [-0.3, -0.25) is 20.2 Å². The van der Waals surface area contributed by atoms with Gasteiger partial charge in [0.05, 0.1) is 9.85 Å². The molecule has 0 N–H and O–H groups in total. The van der Waals surface area contributed by atoms with Crippen molar-refractivity contribution in [3.63, 3.8) is 0 Å². The predicted octanol–water partition coefficient (Wildman–Crippen LogP) is 3.27. The SMILES string of the molecule is CN(c1ccc([N+](=O)[O-])cc1)c1ccc([N+](=O)[O-])cc1. The van der Waals surface area contributed by atoms with Crippen LogP contribution in [0.4, 0.5) is 22.7 Å². The Bertz CT molecular complexity index is 580. The van der Waals surface area contributed by atoms with Crippen molar-refractivity contribution in [1.29, 1.82) is 0 Å². The smallest absolute Gasteiger partial charge is 0.269 e. The summed E-state index contributed by atoms with van der Waals surface area (Å²) in [5.74, 6) is 0. The molecule has 102 valence electrons. The summed E-state index contributed by atoms with van der Waals surface area (Å²) in [5, 5.41) is 21.2. The van der Waals surface area contributed by atoms with Gasteiger partial charge in [-0.25, -0.2) is 0 Å². The second-order valence-electron chi connectivity index (χ2n) is 4.11. The first-order chi connectivity index (χ1) is 9.49. The molecular formula is C13H11N3O4. The van der Waals surface area contributed by atoms with E-state index in [2.05, 4.69) is 0 Å². The highest BCUT2D eigenvalue weighted by atomic mass is 16.6. The van der Waals surface area contributed by atoms with E-state index in [0.717, 1.165) is 11.4 Å². The van der Waals surface area contributed by atoms with Crippen LogP contribution >= 0.6 is 0 Å². The number of anilines is 2. The van der Waals surface area contributed by atoms with Crippen molar-refractivity contribution in [3.8, 4) is 0 Å². The summed E-state index contributed by atoms with van der Waals surface area (Å²) >= 11 is 0. The van der Waals surface area contributed by atoms with E-state index in [1.807, 2.05) is 0 Å². The van der Waals surface area contributed by atoms with Crippen LogP contribution in [-0.2, 0) is 0 Å². The van der Waals surface area contributed by atoms with Crippen molar-refractivity contribution in [2.75, 3.05) is 11.9 Å². The first-order valence-corrected chi connectivity index (χ1v) is 5.71. The first kappa shape index (κ1) is 13.5. The lowest BCUT2D eigenvalue weighted by molar-refractivity contribution is -0.385. The molecule has 0 aliphatic carbocycles. The first-order valence-electron chi connectivity index (χ1n) is 5.71. The summed E-state index contributed by atoms with van der Waals surface area (Å²) in [7, 11) is 1.78. The van der Waals surface area contributed by atoms with E-state index in [9.17, 15) is 20.2 Å². The van der Waals surface area contributed by atoms with Gasteiger partial charge in [0.15, 0.2) is 0 Å². The Morgan fingerprint density at radius 3 is 1.30 bits per heavy atom. The van der Waals surface area contributed by atoms with Crippen molar-refractivity contribution in [2.45, 2.75) is 0 Å².